The number of aliphatic hydroxyl groups is 1. The summed E-state index contributed by atoms with van der Waals surface area (Å²) < 4.78 is 5.13. The quantitative estimate of drug-likeness (QED) is 0.549. The van der Waals surface area contributed by atoms with Crippen LogP contribution in [0.5, 0.6) is 0 Å². The summed E-state index contributed by atoms with van der Waals surface area (Å²) in [6.07, 6.45) is 3.96. The van der Waals surface area contributed by atoms with Crippen LogP contribution in [-0.2, 0) is 4.74 Å². The van der Waals surface area contributed by atoms with Crippen molar-refractivity contribution in [3.05, 3.63) is 30.1 Å². The molecule has 1 aromatic heterocycles. The Labute approximate surface area is 83.1 Å². The summed E-state index contributed by atoms with van der Waals surface area (Å²) in [6, 6.07) is 3.64. The van der Waals surface area contributed by atoms with E-state index in [0.717, 1.165) is 12.0 Å². The molecule has 0 saturated heterocycles. The number of hydrogen-bond acceptors (Lipinski definition) is 4. The smallest absolute Gasteiger partial charge is 0.167 e. The van der Waals surface area contributed by atoms with E-state index >= 15 is 0 Å². The maximum absolute atomic E-state index is 9.02. The first kappa shape index (κ1) is 10.7. The van der Waals surface area contributed by atoms with Gasteiger partial charge >= 0.3 is 0 Å². The van der Waals surface area contributed by atoms with Crippen LogP contribution in [0.4, 0.5) is 0 Å². The van der Waals surface area contributed by atoms with Crippen LogP contribution < -0.4 is 0 Å². The molecule has 0 aliphatic heterocycles. The molecule has 4 heteroatoms. The third-order valence-electron chi connectivity index (χ3n) is 2.05. The van der Waals surface area contributed by atoms with Crippen LogP contribution in [0.1, 0.15) is 18.6 Å². The molecular weight excluding hydrogens is 180 g/mol. The van der Waals surface area contributed by atoms with Gasteiger partial charge in [-0.05, 0) is 17.7 Å². The summed E-state index contributed by atoms with van der Waals surface area (Å²) in [5, 5.41) is 15.9. The van der Waals surface area contributed by atoms with Gasteiger partial charge in [0.2, 0.25) is 0 Å². The van der Waals surface area contributed by atoms with Crippen molar-refractivity contribution in [2.75, 3.05) is 6.61 Å². The number of aliphatic hydroxyl groups excluding tert-OH is 1. The average molecular weight is 194 g/mol. The molecule has 1 rings (SSSR count). The average Bonchev–Trinajstić information content (AvgIpc) is 2.26. The van der Waals surface area contributed by atoms with E-state index < -0.39 is 0 Å². The van der Waals surface area contributed by atoms with Crippen molar-refractivity contribution in [1.29, 1.82) is 5.41 Å². The van der Waals surface area contributed by atoms with E-state index in [0.29, 0.717) is 0 Å². The largest absolute Gasteiger partial charge is 0.475 e. The lowest BCUT2D eigenvalue weighted by Gasteiger charge is -2.21. The van der Waals surface area contributed by atoms with Gasteiger partial charge in [-0.25, -0.2) is 0 Å². The highest BCUT2D eigenvalue weighted by Crippen LogP contribution is 2.24. The second kappa shape index (κ2) is 5.34. The Morgan fingerprint density at radius 3 is 2.71 bits per heavy atom. The molecule has 2 N–H and O–H groups in total. The monoisotopic (exact) mass is 194 g/mol. The molecule has 1 heterocycles. The fourth-order valence-corrected chi connectivity index (χ4v) is 1.26. The van der Waals surface area contributed by atoms with E-state index in [4.69, 9.17) is 15.3 Å². The van der Waals surface area contributed by atoms with Gasteiger partial charge in [-0.1, -0.05) is 6.92 Å². The molecular formula is C10H14N2O2. The van der Waals surface area contributed by atoms with Crippen LogP contribution in [0.25, 0.3) is 0 Å². The number of nitrogens with zero attached hydrogens (tertiary/aromatic N) is 1. The second-order valence-corrected chi connectivity index (χ2v) is 3.11. The third-order valence-corrected chi connectivity index (χ3v) is 2.05. The highest BCUT2D eigenvalue weighted by atomic mass is 16.5. The summed E-state index contributed by atoms with van der Waals surface area (Å²) in [5.41, 5.74) is 0.921. The van der Waals surface area contributed by atoms with Gasteiger partial charge in [0.1, 0.15) is 6.10 Å². The molecule has 0 bridgehead atoms. The second-order valence-electron chi connectivity index (χ2n) is 3.11. The first-order valence-corrected chi connectivity index (χ1v) is 4.44. The van der Waals surface area contributed by atoms with Crippen molar-refractivity contribution in [3.8, 4) is 0 Å². The van der Waals surface area contributed by atoms with Crippen LogP contribution in [0.2, 0.25) is 0 Å². The molecule has 0 unspecified atom stereocenters. The van der Waals surface area contributed by atoms with Gasteiger partial charge in [0.25, 0.3) is 0 Å². The third kappa shape index (κ3) is 2.53. The zero-order valence-electron chi connectivity index (χ0n) is 8.05. The molecule has 4 nitrogen and oxygen atoms in total. The highest BCUT2D eigenvalue weighted by molar-refractivity contribution is 5.42. The van der Waals surface area contributed by atoms with Gasteiger partial charge in [-0.2, -0.15) is 0 Å². The van der Waals surface area contributed by atoms with Gasteiger partial charge in [-0.3, -0.25) is 10.4 Å². The fourth-order valence-electron chi connectivity index (χ4n) is 1.26. The number of aromatic nitrogens is 1. The highest BCUT2D eigenvalue weighted by Gasteiger charge is 2.18. The molecule has 0 aliphatic rings. The van der Waals surface area contributed by atoms with Crippen molar-refractivity contribution in [3.63, 3.8) is 0 Å². The number of nitrogens with one attached hydrogen (secondary N) is 1. The van der Waals surface area contributed by atoms with Gasteiger partial charge < -0.3 is 9.84 Å². The Morgan fingerprint density at radius 2 is 2.21 bits per heavy atom. The number of rotatable bonds is 5. The maximum atomic E-state index is 9.02. The van der Waals surface area contributed by atoms with Gasteiger partial charge in [-0.15, -0.1) is 0 Å². The number of hydrogen-bond donors (Lipinski definition) is 2. The Balaban J connectivity index is 2.82. The van der Waals surface area contributed by atoms with E-state index in [1.807, 2.05) is 19.1 Å². The molecule has 0 aliphatic carbocycles. The normalized spacial score (nSPS) is 14.4. The number of pyridine rings is 1. The lowest BCUT2D eigenvalue weighted by atomic mass is 9.99. The molecule has 76 valence electrons. The molecule has 0 amide bonds. The molecule has 1 aromatic rings. The summed E-state index contributed by atoms with van der Waals surface area (Å²) in [6.45, 7) is 1.90. The molecule has 0 spiro atoms. The fraction of sp³-hybridized carbons (Fsp3) is 0.400. The van der Waals surface area contributed by atoms with Crippen LogP contribution in [0.3, 0.4) is 0 Å². The van der Waals surface area contributed by atoms with E-state index in [1.54, 1.807) is 12.4 Å². The zero-order valence-corrected chi connectivity index (χ0v) is 8.05. The van der Waals surface area contributed by atoms with Gasteiger partial charge in [0.15, 0.2) is 6.40 Å². The Kier molecular flexibility index (Phi) is 4.07. The van der Waals surface area contributed by atoms with Crippen LogP contribution in [0, 0.1) is 11.3 Å². The lowest BCUT2D eigenvalue weighted by molar-refractivity contribution is 0.0927. The van der Waals surface area contributed by atoms with Crippen LogP contribution in [0.15, 0.2) is 24.5 Å². The maximum Gasteiger partial charge on any atom is 0.167 e. The molecule has 0 aromatic carbocycles. The summed E-state index contributed by atoms with van der Waals surface area (Å²) in [5.74, 6) is -0.0426. The summed E-state index contributed by atoms with van der Waals surface area (Å²) in [4.78, 5) is 3.90. The van der Waals surface area contributed by atoms with Crippen LogP contribution >= 0.6 is 0 Å². The molecule has 2 atom stereocenters. The molecule has 0 saturated carbocycles. The van der Waals surface area contributed by atoms with E-state index in [1.165, 1.54) is 0 Å². The SMILES string of the molecule is C[C@H](CO)[C@H](OC=N)c1ccncc1. The minimum absolute atomic E-state index is 0.0286. The molecule has 0 radical (unpaired) electrons. The van der Waals surface area contributed by atoms with E-state index in [2.05, 4.69) is 4.98 Å². The lowest BCUT2D eigenvalue weighted by Crippen LogP contribution is -2.16. The Morgan fingerprint density at radius 1 is 1.57 bits per heavy atom. The molecule has 0 fully saturated rings. The van der Waals surface area contributed by atoms with E-state index in [-0.39, 0.29) is 18.6 Å². The summed E-state index contributed by atoms with van der Waals surface area (Å²) >= 11 is 0. The van der Waals surface area contributed by atoms with Crippen molar-refractivity contribution in [2.24, 2.45) is 5.92 Å². The Bertz CT molecular complexity index is 277. The van der Waals surface area contributed by atoms with Crippen molar-refractivity contribution in [2.45, 2.75) is 13.0 Å². The van der Waals surface area contributed by atoms with Crippen LogP contribution in [-0.4, -0.2) is 23.1 Å². The minimum Gasteiger partial charge on any atom is -0.475 e. The van der Waals surface area contributed by atoms with Gasteiger partial charge in [0.05, 0.1) is 0 Å². The summed E-state index contributed by atoms with van der Waals surface area (Å²) in [7, 11) is 0. The van der Waals surface area contributed by atoms with Crippen molar-refractivity contribution >= 4 is 6.40 Å². The predicted molar refractivity (Wildman–Crippen MR) is 53.1 cm³/mol. The molecule has 14 heavy (non-hydrogen) atoms. The van der Waals surface area contributed by atoms with E-state index in [9.17, 15) is 0 Å². The van der Waals surface area contributed by atoms with Crippen molar-refractivity contribution in [1.82, 2.24) is 4.98 Å². The number of ether oxygens (including phenoxy) is 1. The standard InChI is InChI=1S/C10H14N2O2/c1-8(6-13)10(14-7-11)9-2-4-12-5-3-9/h2-5,7-8,10-11,13H,6H2,1H3/t8-,10+/m1/s1. The topological polar surface area (TPSA) is 66.2 Å². The predicted octanol–water partition coefficient (Wildman–Crippen LogP) is 1.37. The minimum atomic E-state index is -0.277. The van der Waals surface area contributed by atoms with Crippen molar-refractivity contribution < 1.29 is 9.84 Å². The Hall–Kier alpha value is -1.42. The van der Waals surface area contributed by atoms with Gasteiger partial charge in [0, 0.05) is 24.9 Å². The first-order chi connectivity index (χ1) is 6.79. The zero-order chi connectivity index (χ0) is 10.4. The first-order valence-electron chi connectivity index (χ1n) is 4.44.